The van der Waals surface area contributed by atoms with Gasteiger partial charge < -0.3 is 4.98 Å². The van der Waals surface area contributed by atoms with Gasteiger partial charge in [0.25, 0.3) is 5.56 Å². The molecule has 0 fully saturated rings. The van der Waals surface area contributed by atoms with Gasteiger partial charge in [-0.15, -0.1) is 0 Å². The summed E-state index contributed by atoms with van der Waals surface area (Å²) in [6.45, 7) is 1.80. The third-order valence-electron chi connectivity index (χ3n) is 5.23. The predicted octanol–water partition coefficient (Wildman–Crippen LogP) is 2.13. The molecule has 3 N–H and O–H groups in total. The number of aryl methyl sites for hydroxylation is 2. The lowest BCUT2D eigenvalue weighted by molar-refractivity contribution is 0.566. The summed E-state index contributed by atoms with van der Waals surface area (Å²) in [4.78, 5) is 27.9. The molecule has 0 bridgehead atoms. The van der Waals surface area contributed by atoms with Crippen molar-refractivity contribution in [2.24, 2.45) is 0 Å². The molecule has 1 aliphatic carbocycles. The number of rotatable bonds is 4. The first-order valence-corrected chi connectivity index (χ1v) is 10.7. The Bertz CT molecular complexity index is 1270. The van der Waals surface area contributed by atoms with E-state index in [2.05, 4.69) is 26.8 Å². The Morgan fingerprint density at radius 1 is 0.964 bits per heavy atom. The zero-order valence-electron chi connectivity index (χ0n) is 15.4. The van der Waals surface area contributed by atoms with E-state index >= 15 is 0 Å². The first-order chi connectivity index (χ1) is 13.3. The minimum absolute atomic E-state index is 0.0256. The SMILES string of the molecule is CC(NS(=O)(=O)c1ccc2[nH]c(=O)[nH]c(=O)c2c1)c1ccc2c(c1)CCCC2. The highest BCUT2D eigenvalue weighted by Crippen LogP contribution is 2.26. The highest BCUT2D eigenvalue weighted by Gasteiger charge is 2.20. The van der Waals surface area contributed by atoms with E-state index in [9.17, 15) is 18.0 Å². The number of fused-ring (bicyclic) bond motifs is 2. The topological polar surface area (TPSA) is 112 Å². The number of benzene rings is 2. The van der Waals surface area contributed by atoms with Gasteiger partial charge in [-0.05, 0) is 67.5 Å². The molecule has 0 spiro atoms. The van der Waals surface area contributed by atoms with Gasteiger partial charge in [0.1, 0.15) is 0 Å². The third-order valence-corrected chi connectivity index (χ3v) is 6.76. The second-order valence-electron chi connectivity index (χ2n) is 7.19. The molecule has 28 heavy (non-hydrogen) atoms. The molecule has 1 unspecified atom stereocenters. The van der Waals surface area contributed by atoms with Crippen LogP contribution in [0.1, 0.15) is 42.5 Å². The second kappa shape index (κ2) is 7.03. The minimum atomic E-state index is -3.84. The molecule has 0 saturated carbocycles. The maximum atomic E-state index is 12.8. The van der Waals surface area contributed by atoms with Crippen LogP contribution in [-0.4, -0.2) is 18.4 Å². The maximum absolute atomic E-state index is 12.8. The molecule has 7 nitrogen and oxygen atoms in total. The van der Waals surface area contributed by atoms with Crippen molar-refractivity contribution in [3.05, 3.63) is 73.9 Å². The van der Waals surface area contributed by atoms with Gasteiger partial charge in [0.2, 0.25) is 10.0 Å². The van der Waals surface area contributed by atoms with E-state index in [1.807, 2.05) is 6.07 Å². The van der Waals surface area contributed by atoms with Gasteiger partial charge in [-0.25, -0.2) is 17.9 Å². The Kier molecular flexibility index (Phi) is 4.68. The van der Waals surface area contributed by atoms with Crippen molar-refractivity contribution in [2.45, 2.75) is 43.5 Å². The molecular weight excluding hydrogens is 378 g/mol. The molecule has 1 heterocycles. The lowest BCUT2D eigenvalue weighted by atomic mass is 9.89. The first kappa shape index (κ1) is 18.6. The van der Waals surface area contributed by atoms with Crippen molar-refractivity contribution in [3.8, 4) is 0 Å². The molecule has 1 aliphatic rings. The predicted molar refractivity (Wildman–Crippen MR) is 107 cm³/mol. The van der Waals surface area contributed by atoms with Crippen LogP contribution in [0.2, 0.25) is 0 Å². The van der Waals surface area contributed by atoms with E-state index in [-0.39, 0.29) is 15.8 Å². The molecule has 1 atom stereocenters. The molecule has 0 aliphatic heterocycles. The van der Waals surface area contributed by atoms with Crippen molar-refractivity contribution >= 4 is 20.9 Å². The lowest BCUT2D eigenvalue weighted by Gasteiger charge is -2.20. The summed E-state index contributed by atoms with van der Waals surface area (Å²) < 4.78 is 28.3. The van der Waals surface area contributed by atoms with Crippen LogP contribution in [0, 0.1) is 0 Å². The summed E-state index contributed by atoms with van der Waals surface area (Å²) in [6, 6.07) is 9.78. The van der Waals surface area contributed by atoms with Gasteiger partial charge in [-0.1, -0.05) is 18.2 Å². The molecule has 1 aromatic heterocycles. The van der Waals surface area contributed by atoms with E-state index < -0.39 is 27.3 Å². The van der Waals surface area contributed by atoms with Crippen molar-refractivity contribution in [1.82, 2.24) is 14.7 Å². The quantitative estimate of drug-likeness (QED) is 0.624. The average molecular weight is 399 g/mol. The Hall–Kier alpha value is -2.71. The molecule has 0 amide bonds. The fourth-order valence-electron chi connectivity index (χ4n) is 3.70. The highest BCUT2D eigenvalue weighted by atomic mass is 32.2. The summed E-state index contributed by atoms with van der Waals surface area (Å²) >= 11 is 0. The zero-order chi connectivity index (χ0) is 19.9. The van der Waals surface area contributed by atoms with Crippen molar-refractivity contribution in [2.75, 3.05) is 0 Å². The van der Waals surface area contributed by atoms with Crippen LogP contribution in [0.5, 0.6) is 0 Å². The average Bonchev–Trinajstić information content (AvgIpc) is 2.66. The van der Waals surface area contributed by atoms with E-state index in [1.54, 1.807) is 6.92 Å². The smallest absolute Gasteiger partial charge is 0.307 e. The molecule has 0 radical (unpaired) electrons. The van der Waals surface area contributed by atoms with Gasteiger partial charge in [0.15, 0.2) is 0 Å². The molecule has 146 valence electrons. The van der Waals surface area contributed by atoms with Crippen LogP contribution >= 0.6 is 0 Å². The van der Waals surface area contributed by atoms with E-state index in [4.69, 9.17) is 0 Å². The highest BCUT2D eigenvalue weighted by molar-refractivity contribution is 7.89. The van der Waals surface area contributed by atoms with Crippen molar-refractivity contribution < 1.29 is 8.42 Å². The summed E-state index contributed by atoms with van der Waals surface area (Å²) in [5, 5.41) is 0.115. The van der Waals surface area contributed by atoms with Crippen molar-refractivity contribution in [1.29, 1.82) is 0 Å². The minimum Gasteiger partial charge on any atom is -0.307 e. The molecule has 3 aromatic rings. The van der Waals surface area contributed by atoms with Crippen LogP contribution in [0.4, 0.5) is 0 Å². The third kappa shape index (κ3) is 3.53. The Morgan fingerprint density at radius 3 is 2.50 bits per heavy atom. The maximum Gasteiger partial charge on any atom is 0.326 e. The van der Waals surface area contributed by atoms with E-state index in [1.165, 1.54) is 35.7 Å². The molecule has 2 aromatic carbocycles. The van der Waals surface area contributed by atoms with Crippen molar-refractivity contribution in [3.63, 3.8) is 0 Å². The monoisotopic (exact) mass is 399 g/mol. The molecule has 8 heteroatoms. The number of sulfonamides is 1. The summed E-state index contributed by atoms with van der Waals surface area (Å²) in [6.07, 6.45) is 4.45. The number of hydrogen-bond acceptors (Lipinski definition) is 4. The number of aromatic nitrogens is 2. The van der Waals surface area contributed by atoms with Gasteiger partial charge in [0.05, 0.1) is 15.8 Å². The lowest BCUT2D eigenvalue weighted by Crippen LogP contribution is -2.27. The number of H-pyrrole nitrogens is 2. The normalized spacial score (nSPS) is 15.3. The molecule has 4 rings (SSSR count). The fourth-order valence-corrected chi connectivity index (χ4v) is 4.96. The van der Waals surface area contributed by atoms with Gasteiger partial charge in [-0.3, -0.25) is 9.78 Å². The van der Waals surface area contributed by atoms with Crippen LogP contribution in [0.3, 0.4) is 0 Å². The van der Waals surface area contributed by atoms with E-state index in [0.29, 0.717) is 0 Å². The summed E-state index contributed by atoms with van der Waals surface area (Å²) in [7, 11) is -3.84. The molecule has 0 saturated heterocycles. The summed E-state index contributed by atoms with van der Waals surface area (Å²) in [5.41, 5.74) is 2.57. The van der Waals surface area contributed by atoms with Crippen LogP contribution < -0.4 is 16.0 Å². The second-order valence-corrected chi connectivity index (χ2v) is 8.91. The van der Waals surface area contributed by atoms with Gasteiger partial charge in [0, 0.05) is 6.04 Å². The molecular formula is C20H21N3O4S. The largest absolute Gasteiger partial charge is 0.326 e. The number of aromatic amines is 2. The van der Waals surface area contributed by atoms with Crippen LogP contribution in [-0.2, 0) is 22.9 Å². The van der Waals surface area contributed by atoms with E-state index in [0.717, 1.165) is 24.8 Å². The van der Waals surface area contributed by atoms with Gasteiger partial charge in [-0.2, -0.15) is 0 Å². The van der Waals surface area contributed by atoms with Crippen LogP contribution in [0.15, 0.2) is 50.9 Å². The van der Waals surface area contributed by atoms with Gasteiger partial charge >= 0.3 is 5.69 Å². The Morgan fingerprint density at radius 2 is 1.71 bits per heavy atom. The summed E-state index contributed by atoms with van der Waals surface area (Å²) in [5.74, 6) is 0. The zero-order valence-corrected chi connectivity index (χ0v) is 16.2. The Balaban J connectivity index is 1.64. The first-order valence-electron chi connectivity index (χ1n) is 9.24. The van der Waals surface area contributed by atoms with Crippen LogP contribution in [0.25, 0.3) is 10.9 Å². The number of nitrogens with one attached hydrogen (secondary N) is 3. The fraction of sp³-hybridized carbons (Fsp3) is 0.300. The number of hydrogen-bond donors (Lipinski definition) is 3. The standard InChI is InChI=1S/C20H21N3O4S/c1-12(14-7-6-13-4-2-3-5-15(13)10-14)23-28(26,27)16-8-9-18-17(11-16)19(24)22-20(25)21-18/h6-12,23H,2-5H2,1H3,(H2,21,22,24,25). The Labute approximate surface area is 161 Å².